The topological polar surface area (TPSA) is 61.9 Å². The third-order valence-electron chi connectivity index (χ3n) is 6.54. The largest absolute Gasteiger partial charge is 0.489 e. The number of anilines is 1. The van der Waals surface area contributed by atoms with Gasteiger partial charge in [0.15, 0.2) is 0 Å². The molecule has 1 N–H and O–H groups in total. The Balaban J connectivity index is 1.28. The van der Waals surface area contributed by atoms with E-state index in [2.05, 4.69) is 26.7 Å². The smallest absolute Gasteiger partial charge is 0.243 e. The van der Waals surface area contributed by atoms with E-state index in [1.54, 1.807) is 6.07 Å². The van der Waals surface area contributed by atoms with Gasteiger partial charge in [-0.25, -0.2) is 17.5 Å². The van der Waals surface area contributed by atoms with Crippen LogP contribution in [-0.4, -0.2) is 57.7 Å². The molecular formula is C25H34FN3O3S. The van der Waals surface area contributed by atoms with Crippen LogP contribution in [0.1, 0.15) is 39.5 Å². The number of sulfonamides is 1. The average Bonchev–Trinajstić information content (AvgIpc) is 2.80. The summed E-state index contributed by atoms with van der Waals surface area (Å²) in [6.07, 6.45) is 3.56. The third kappa shape index (κ3) is 5.86. The van der Waals surface area contributed by atoms with E-state index < -0.39 is 15.8 Å². The summed E-state index contributed by atoms with van der Waals surface area (Å²) in [6, 6.07) is 14.1. The number of hydrogen-bond acceptors (Lipinski definition) is 5. The van der Waals surface area contributed by atoms with Crippen molar-refractivity contribution in [3.63, 3.8) is 0 Å². The van der Waals surface area contributed by atoms with Crippen LogP contribution in [0.25, 0.3) is 0 Å². The first kappa shape index (κ1) is 24.0. The molecule has 0 aromatic heterocycles. The Morgan fingerprint density at radius 3 is 2.24 bits per heavy atom. The Morgan fingerprint density at radius 2 is 1.58 bits per heavy atom. The second kappa shape index (κ2) is 10.4. The number of benzene rings is 2. The van der Waals surface area contributed by atoms with Crippen LogP contribution in [0, 0.1) is 5.82 Å². The molecule has 0 spiro atoms. The van der Waals surface area contributed by atoms with E-state index in [4.69, 9.17) is 4.74 Å². The molecule has 0 amide bonds. The maximum atomic E-state index is 13.9. The zero-order chi connectivity index (χ0) is 23.4. The van der Waals surface area contributed by atoms with E-state index in [1.807, 2.05) is 26.0 Å². The van der Waals surface area contributed by atoms with Crippen molar-refractivity contribution < 1.29 is 17.5 Å². The number of nitrogens with zero attached hydrogens (tertiary/aromatic N) is 2. The Morgan fingerprint density at radius 1 is 0.939 bits per heavy atom. The molecule has 2 aromatic rings. The molecular weight excluding hydrogens is 441 g/mol. The van der Waals surface area contributed by atoms with Crippen molar-refractivity contribution in [3.05, 3.63) is 54.3 Å². The summed E-state index contributed by atoms with van der Waals surface area (Å²) in [5.74, 6) is 0.223. The zero-order valence-electron chi connectivity index (χ0n) is 19.4. The lowest BCUT2D eigenvalue weighted by Crippen LogP contribution is -2.52. The predicted molar refractivity (Wildman–Crippen MR) is 129 cm³/mol. The van der Waals surface area contributed by atoms with Crippen molar-refractivity contribution in [2.75, 3.05) is 31.1 Å². The molecule has 8 heteroatoms. The molecule has 1 aliphatic heterocycles. The zero-order valence-corrected chi connectivity index (χ0v) is 20.2. The Hall–Kier alpha value is -2.16. The fraction of sp³-hybridized carbons (Fsp3) is 0.520. The van der Waals surface area contributed by atoms with Gasteiger partial charge in [0.05, 0.1) is 11.8 Å². The van der Waals surface area contributed by atoms with Crippen molar-refractivity contribution in [1.29, 1.82) is 0 Å². The van der Waals surface area contributed by atoms with Crippen molar-refractivity contribution in [2.24, 2.45) is 0 Å². The third-order valence-corrected chi connectivity index (χ3v) is 8.10. The number of hydrogen-bond donors (Lipinski definition) is 1. The minimum absolute atomic E-state index is 0.137. The van der Waals surface area contributed by atoms with E-state index in [0.29, 0.717) is 6.04 Å². The van der Waals surface area contributed by atoms with Gasteiger partial charge in [-0.2, -0.15) is 0 Å². The highest BCUT2D eigenvalue weighted by atomic mass is 32.2. The highest BCUT2D eigenvalue weighted by molar-refractivity contribution is 7.89. The molecule has 0 bridgehead atoms. The molecule has 2 aliphatic rings. The van der Waals surface area contributed by atoms with E-state index in [1.165, 1.54) is 18.2 Å². The molecule has 4 rings (SSSR count). The molecule has 1 aliphatic carbocycles. The monoisotopic (exact) mass is 475 g/mol. The summed E-state index contributed by atoms with van der Waals surface area (Å²) in [7, 11) is -3.84. The lowest BCUT2D eigenvalue weighted by atomic mass is 9.90. The molecule has 1 saturated carbocycles. The van der Waals surface area contributed by atoms with Gasteiger partial charge in [-0.3, -0.25) is 4.90 Å². The van der Waals surface area contributed by atoms with Crippen molar-refractivity contribution in [3.8, 4) is 5.75 Å². The fourth-order valence-electron chi connectivity index (χ4n) is 4.90. The van der Waals surface area contributed by atoms with E-state index in [0.717, 1.165) is 63.3 Å². The first-order valence-electron chi connectivity index (χ1n) is 11.8. The first-order valence-corrected chi connectivity index (χ1v) is 13.3. The number of nitrogens with one attached hydrogen (secondary N) is 1. The van der Waals surface area contributed by atoms with Crippen LogP contribution >= 0.6 is 0 Å². The molecule has 180 valence electrons. The molecule has 6 nitrogen and oxygen atoms in total. The van der Waals surface area contributed by atoms with Gasteiger partial charge < -0.3 is 9.64 Å². The van der Waals surface area contributed by atoms with Gasteiger partial charge in [-0.05, 0) is 63.8 Å². The Labute approximate surface area is 196 Å². The molecule has 0 atom stereocenters. The number of ether oxygens (including phenoxy) is 1. The van der Waals surface area contributed by atoms with Gasteiger partial charge in [0.1, 0.15) is 16.5 Å². The van der Waals surface area contributed by atoms with Crippen LogP contribution in [0.4, 0.5) is 10.1 Å². The van der Waals surface area contributed by atoms with Gasteiger partial charge in [0.25, 0.3) is 0 Å². The minimum atomic E-state index is -3.84. The molecule has 0 radical (unpaired) electrons. The summed E-state index contributed by atoms with van der Waals surface area (Å²) in [5, 5.41) is 0. The Bertz CT molecular complexity index is 1030. The first-order chi connectivity index (χ1) is 15.8. The molecule has 2 aromatic carbocycles. The molecule has 0 unspecified atom stereocenters. The lowest BCUT2D eigenvalue weighted by Gasteiger charge is -2.43. The SMILES string of the molecule is CC(C)Oc1ccccc1N1CCN(C2CCC(NS(=O)(=O)c3ccccc3F)CC2)CC1. The highest BCUT2D eigenvalue weighted by Crippen LogP contribution is 2.31. The summed E-state index contributed by atoms with van der Waals surface area (Å²) >= 11 is 0. The molecule has 1 saturated heterocycles. The standard InChI is InChI=1S/C25H34FN3O3S/c1-19(2)32-24-9-5-4-8-23(24)29-17-15-28(16-18-29)21-13-11-20(12-14-21)27-33(30,31)25-10-6-3-7-22(25)26/h3-10,19-21,27H,11-18H2,1-2H3. The maximum absolute atomic E-state index is 13.9. The van der Waals surface area contributed by atoms with Crippen molar-refractivity contribution >= 4 is 15.7 Å². The van der Waals surface area contributed by atoms with Crippen LogP contribution < -0.4 is 14.4 Å². The lowest BCUT2D eigenvalue weighted by molar-refractivity contribution is 0.139. The predicted octanol–water partition coefficient (Wildman–Crippen LogP) is 4.02. The fourth-order valence-corrected chi connectivity index (χ4v) is 6.29. The van der Waals surface area contributed by atoms with Crippen LogP contribution in [0.5, 0.6) is 5.75 Å². The van der Waals surface area contributed by atoms with E-state index in [9.17, 15) is 12.8 Å². The summed E-state index contributed by atoms with van der Waals surface area (Å²) in [4.78, 5) is 4.65. The summed E-state index contributed by atoms with van der Waals surface area (Å²) in [5.41, 5.74) is 1.15. The van der Waals surface area contributed by atoms with Crippen LogP contribution in [0.3, 0.4) is 0 Å². The quantitative estimate of drug-likeness (QED) is 0.655. The second-order valence-corrected chi connectivity index (χ2v) is 10.9. The summed E-state index contributed by atoms with van der Waals surface area (Å²) < 4.78 is 47.8. The number of para-hydroxylation sites is 2. The number of piperazine rings is 1. The van der Waals surface area contributed by atoms with Crippen LogP contribution in [-0.2, 0) is 10.0 Å². The van der Waals surface area contributed by atoms with Crippen molar-refractivity contribution in [2.45, 2.75) is 62.6 Å². The van der Waals surface area contributed by atoms with Gasteiger partial charge in [-0.15, -0.1) is 0 Å². The van der Waals surface area contributed by atoms with Gasteiger partial charge in [0.2, 0.25) is 10.0 Å². The molecule has 2 fully saturated rings. The average molecular weight is 476 g/mol. The van der Waals surface area contributed by atoms with Gasteiger partial charge in [0, 0.05) is 38.3 Å². The number of halogens is 1. The Kier molecular flexibility index (Phi) is 7.56. The van der Waals surface area contributed by atoms with E-state index in [-0.39, 0.29) is 17.0 Å². The van der Waals surface area contributed by atoms with Crippen LogP contribution in [0.15, 0.2) is 53.4 Å². The second-order valence-electron chi connectivity index (χ2n) is 9.21. The van der Waals surface area contributed by atoms with Gasteiger partial charge >= 0.3 is 0 Å². The van der Waals surface area contributed by atoms with E-state index >= 15 is 0 Å². The molecule has 1 heterocycles. The highest BCUT2D eigenvalue weighted by Gasteiger charge is 2.31. The normalized spacial score (nSPS) is 22.5. The number of rotatable bonds is 7. The van der Waals surface area contributed by atoms with Crippen molar-refractivity contribution in [1.82, 2.24) is 9.62 Å². The molecule has 33 heavy (non-hydrogen) atoms. The minimum Gasteiger partial charge on any atom is -0.489 e. The summed E-state index contributed by atoms with van der Waals surface area (Å²) in [6.45, 7) is 7.93. The van der Waals surface area contributed by atoms with Gasteiger partial charge in [-0.1, -0.05) is 24.3 Å². The maximum Gasteiger partial charge on any atom is 0.243 e. The van der Waals surface area contributed by atoms with Crippen LogP contribution in [0.2, 0.25) is 0 Å².